The van der Waals surface area contributed by atoms with E-state index in [4.69, 9.17) is 14.2 Å². The molecule has 21 heavy (non-hydrogen) atoms. The fourth-order valence-electron chi connectivity index (χ4n) is 1.98. The Balaban J connectivity index is 1.63. The zero-order valence-corrected chi connectivity index (χ0v) is 12.3. The number of hydrogen-bond donors (Lipinski definition) is 0. The Kier molecular flexibility index (Phi) is 4.01. The molecule has 2 aromatic carbocycles. The van der Waals surface area contributed by atoms with Crippen molar-refractivity contribution in [1.29, 1.82) is 0 Å². The van der Waals surface area contributed by atoms with Gasteiger partial charge in [0.1, 0.15) is 6.61 Å². The SMILES string of the molecule is CSc1ccc(COC(=O)c2ccc3c(c2)OCO3)cc1. The molecule has 5 heteroatoms. The predicted octanol–water partition coefficient (Wildman–Crippen LogP) is 3.49. The van der Waals surface area contributed by atoms with Gasteiger partial charge in [0.2, 0.25) is 6.79 Å². The number of hydrogen-bond acceptors (Lipinski definition) is 5. The maximum Gasteiger partial charge on any atom is 0.338 e. The molecular formula is C16H14O4S. The zero-order valence-electron chi connectivity index (χ0n) is 11.5. The van der Waals surface area contributed by atoms with Crippen LogP contribution in [0.1, 0.15) is 15.9 Å². The van der Waals surface area contributed by atoms with Gasteiger partial charge in [-0.05, 0) is 42.2 Å². The molecule has 0 amide bonds. The molecule has 108 valence electrons. The van der Waals surface area contributed by atoms with Gasteiger partial charge in [0, 0.05) is 4.90 Å². The molecule has 0 radical (unpaired) electrons. The first-order valence-corrected chi connectivity index (χ1v) is 7.68. The monoisotopic (exact) mass is 302 g/mol. The molecule has 1 aliphatic rings. The van der Waals surface area contributed by atoms with E-state index in [-0.39, 0.29) is 19.4 Å². The van der Waals surface area contributed by atoms with Gasteiger partial charge in [-0.2, -0.15) is 0 Å². The second kappa shape index (κ2) is 6.10. The van der Waals surface area contributed by atoms with Crippen LogP contribution in [-0.4, -0.2) is 19.0 Å². The molecule has 0 spiro atoms. The zero-order chi connectivity index (χ0) is 14.7. The van der Waals surface area contributed by atoms with Crippen molar-refractivity contribution in [2.75, 3.05) is 13.0 Å². The van der Waals surface area contributed by atoms with Crippen LogP contribution in [0.3, 0.4) is 0 Å². The normalized spacial score (nSPS) is 12.2. The lowest BCUT2D eigenvalue weighted by Gasteiger charge is -2.06. The third-order valence-electron chi connectivity index (χ3n) is 3.14. The number of carbonyl (C=O) groups is 1. The van der Waals surface area contributed by atoms with Crippen molar-refractivity contribution in [2.45, 2.75) is 11.5 Å². The Morgan fingerprint density at radius 1 is 1.14 bits per heavy atom. The molecule has 0 aliphatic carbocycles. The summed E-state index contributed by atoms with van der Waals surface area (Å²) in [7, 11) is 0. The summed E-state index contributed by atoms with van der Waals surface area (Å²) in [6.45, 7) is 0.442. The Hall–Kier alpha value is -2.14. The molecule has 4 nitrogen and oxygen atoms in total. The first kappa shape index (κ1) is 13.8. The molecule has 0 atom stereocenters. The third-order valence-corrected chi connectivity index (χ3v) is 3.88. The van der Waals surface area contributed by atoms with Crippen molar-refractivity contribution in [3.05, 3.63) is 53.6 Å². The third kappa shape index (κ3) is 3.13. The summed E-state index contributed by atoms with van der Waals surface area (Å²) in [5, 5.41) is 0. The van der Waals surface area contributed by atoms with Gasteiger partial charge < -0.3 is 14.2 Å². The summed E-state index contributed by atoms with van der Waals surface area (Å²) in [6, 6.07) is 13.0. The Morgan fingerprint density at radius 3 is 2.67 bits per heavy atom. The molecule has 0 unspecified atom stereocenters. The van der Waals surface area contributed by atoms with E-state index in [1.807, 2.05) is 30.5 Å². The van der Waals surface area contributed by atoms with Crippen LogP contribution in [0.2, 0.25) is 0 Å². The molecular weight excluding hydrogens is 288 g/mol. The molecule has 0 bridgehead atoms. The van der Waals surface area contributed by atoms with Crippen LogP contribution < -0.4 is 9.47 Å². The van der Waals surface area contributed by atoms with E-state index < -0.39 is 0 Å². The predicted molar refractivity (Wildman–Crippen MR) is 79.9 cm³/mol. The topological polar surface area (TPSA) is 44.8 Å². The van der Waals surface area contributed by atoms with Crippen molar-refractivity contribution in [3.63, 3.8) is 0 Å². The minimum Gasteiger partial charge on any atom is -0.457 e. The molecule has 0 fully saturated rings. The molecule has 0 saturated carbocycles. The van der Waals surface area contributed by atoms with E-state index in [0.717, 1.165) is 5.56 Å². The summed E-state index contributed by atoms with van der Waals surface area (Å²) < 4.78 is 15.8. The van der Waals surface area contributed by atoms with Crippen LogP contribution in [0.15, 0.2) is 47.4 Å². The largest absolute Gasteiger partial charge is 0.457 e. The van der Waals surface area contributed by atoms with E-state index in [9.17, 15) is 4.79 Å². The Labute approximate surface area is 127 Å². The quantitative estimate of drug-likeness (QED) is 0.639. The fraction of sp³-hybridized carbons (Fsp3) is 0.188. The molecule has 0 saturated heterocycles. The summed E-state index contributed by atoms with van der Waals surface area (Å²) >= 11 is 1.68. The average molecular weight is 302 g/mol. The number of fused-ring (bicyclic) bond motifs is 1. The fourth-order valence-corrected chi connectivity index (χ4v) is 2.39. The van der Waals surface area contributed by atoms with Crippen molar-refractivity contribution in [1.82, 2.24) is 0 Å². The number of rotatable bonds is 4. The number of carbonyl (C=O) groups excluding carboxylic acids is 1. The van der Waals surface area contributed by atoms with E-state index in [1.165, 1.54) is 4.90 Å². The van der Waals surface area contributed by atoms with Gasteiger partial charge in [-0.3, -0.25) is 0 Å². The van der Waals surface area contributed by atoms with Gasteiger partial charge in [-0.1, -0.05) is 12.1 Å². The van der Waals surface area contributed by atoms with E-state index in [1.54, 1.807) is 30.0 Å². The minimum absolute atomic E-state index is 0.190. The van der Waals surface area contributed by atoms with E-state index in [0.29, 0.717) is 17.1 Å². The maximum absolute atomic E-state index is 12.0. The summed E-state index contributed by atoms with van der Waals surface area (Å²) in [6.07, 6.45) is 2.02. The maximum atomic E-state index is 12.0. The molecule has 3 rings (SSSR count). The average Bonchev–Trinajstić information content (AvgIpc) is 3.00. The van der Waals surface area contributed by atoms with Gasteiger partial charge in [-0.25, -0.2) is 4.79 Å². The van der Waals surface area contributed by atoms with Crippen molar-refractivity contribution >= 4 is 17.7 Å². The van der Waals surface area contributed by atoms with Gasteiger partial charge >= 0.3 is 5.97 Å². The second-order valence-electron chi connectivity index (χ2n) is 4.49. The van der Waals surface area contributed by atoms with E-state index in [2.05, 4.69) is 0 Å². The van der Waals surface area contributed by atoms with Gasteiger partial charge in [0.25, 0.3) is 0 Å². The van der Waals surface area contributed by atoms with Crippen molar-refractivity contribution < 1.29 is 19.0 Å². The van der Waals surface area contributed by atoms with Gasteiger partial charge in [-0.15, -0.1) is 11.8 Å². The Morgan fingerprint density at radius 2 is 1.90 bits per heavy atom. The molecule has 0 N–H and O–H groups in total. The summed E-state index contributed by atoms with van der Waals surface area (Å²) in [4.78, 5) is 13.2. The molecule has 0 aromatic heterocycles. The van der Waals surface area contributed by atoms with Crippen molar-refractivity contribution in [2.24, 2.45) is 0 Å². The summed E-state index contributed by atoms with van der Waals surface area (Å²) in [5.74, 6) is 0.857. The van der Waals surface area contributed by atoms with Gasteiger partial charge in [0.05, 0.1) is 5.56 Å². The second-order valence-corrected chi connectivity index (χ2v) is 5.37. The lowest BCUT2D eigenvalue weighted by atomic mass is 10.2. The standard InChI is InChI=1S/C16H14O4S/c1-21-13-5-2-11(3-6-13)9-18-16(17)12-4-7-14-15(8-12)20-10-19-14/h2-8H,9-10H2,1H3. The molecule has 1 heterocycles. The first-order chi connectivity index (χ1) is 10.3. The van der Waals surface area contributed by atoms with Crippen LogP contribution in [0.5, 0.6) is 11.5 Å². The summed E-state index contributed by atoms with van der Waals surface area (Å²) in [5.41, 5.74) is 1.42. The van der Waals surface area contributed by atoms with Crippen LogP contribution in [0, 0.1) is 0 Å². The number of esters is 1. The highest BCUT2D eigenvalue weighted by molar-refractivity contribution is 7.98. The first-order valence-electron chi connectivity index (χ1n) is 6.46. The van der Waals surface area contributed by atoms with Crippen LogP contribution in [0.4, 0.5) is 0 Å². The number of benzene rings is 2. The minimum atomic E-state index is -0.373. The number of ether oxygens (including phenoxy) is 3. The molecule has 1 aliphatic heterocycles. The lowest BCUT2D eigenvalue weighted by molar-refractivity contribution is 0.0472. The smallest absolute Gasteiger partial charge is 0.338 e. The highest BCUT2D eigenvalue weighted by atomic mass is 32.2. The molecule has 2 aromatic rings. The van der Waals surface area contributed by atoms with Gasteiger partial charge in [0.15, 0.2) is 11.5 Å². The highest BCUT2D eigenvalue weighted by Gasteiger charge is 2.16. The Bertz CT molecular complexity index is 652. The van der Waals surface area contributed by atoms with Crippen LogP contribution in [-0.2, 0) is 11.3 Å². The van der Waals surface area contributed by atoms with E-state index >= 15 is 0 Å². The number of thioether (sulfide) groups is 1. The van der Waals surface area contributed by atoms with Crippen molar-refractivity contribution in [3.8, 4) is 11.5 Å². The highest BCUT2D eigenvalue weighted by Crippen LogP contribution is 2.32. The lowest BCUT2D eigenvalue weighted by Crippen LogP contribution is -2.05. The van der Waals surface area contributed by atoms with Crippen LogP contribution in [0.25, 0.3) is 0 Å². The van der Waals surface area contributed by atoms with Crippen LogP contribution >= 0.6 is 11.8 Å².